The second-order valence-electron chi connectivity index (χ2n) is 3.48. The van der Waals surface area contributed by atoms with Gasteiger partial charge in [0.05, 0.1) is 25.1 Å². The minimum absolute atomic E-state index is 0.304. The molecule has 0 saturated heterocycles. The fourth-order valence-electron chi connectivity index (χ4n) is 1.57. The molecule has 0 aromatic heterocycles. The lowest BCUT2D eigenvalue weighted by atomic mass is 10.2. The summed E-state index contributed by atoms with van der Waals surface area (Å²) in [5.41, 5.74) is 2.78. The number of ether oxygens (including phenoxy) is 1. The Bertz CT molecular complexity index is 490. The summed E-state index contributed by atoms with van der Waals surface area (Å²) in [7, 11) is 1.34. The summed E-state index contributed by atoms with van der Waals surface area (Å²) in [5, 5.41) is 0. The monoisotopic (exact) mass is 216 g/mol. The minimum Gasteiger partial charge on any atom is -0.464 e. The van der Waals surface area contributed by atoms with Gasteiger partial charge in [0, 0.05) is 0 Å². The van der Waals surface area contributed by atoms with E-state index in [4.69, 9.17) is 0 Å². The van der Waals surface area contributed by atoms with Crippen molar-refractivity contribution in [3.63, 3.8) is 0 Å². The predicted octanol–water partition coefficient (Wildman–Crippen LogP) is 1.91. The zero-order valence-corrected chi connectivity index (χ0v) is 9.23. The molecule has 4 nitrogen and oxygen atoms in total. The third kappa shape index (κ3) is 1.86. The first-order valence-electron chi connectivity index (χ1n) is 4.98. The van der Waals surface area contributed by atoms with Gasteiger partial charge in [0.1, 0.15) is 0 Å². The lowest BCUT2D eigenvalue weighted by Crippen LogP contribution is -2.23. The van der Waals surface area contributed by atoms with Crippen LogP contribution >= 0.6 is 0 Å². The summed E-state index contributed by atoms with van der Waals surface area (Å²) < 4.78 is 4.66. The molecule has 1 aromatic rings. The Morgan fingerprint density at radius 3 is 2.88 bits per heavy atom. The highest BCUT2D eigenvalue weighted by atomic mass is 16.5. The van der Waals surface area contributed by atoms with E-state index >= 15 is 0 Å². The number of nitrogens with zero attached hydrogens (tertiary/aromatic N) is 2. The summed E-state index contributed by atoms with van der Waals surface area (Å²) in [5.74, 6) is -0.436. The van der Waals surface area contributed by atoms with Crippen molar-refractivity contribution >= 4 is 23.1 Å². The van der Waals surface area contributed by atoms with Crippen molar-refractivity contribution in [1.82, 2.24) is 0 Å². The standard InChI is InChI=1S/C12H12N2O2/c1-8-11(12(15)16-2)13-7-9-5-3-4-6-10(9)14-8/h3-6H,7H2,1-2H3. The molecular formula is C12H12N2O2. The number of carbonyl (C=O) groups excluding carboxylic acids is 1. The Morgan fingerprint density at radius 1 is 1.38 bits per heavy atom. The number of fused-ring (bicyclic) bond motifs is 1. The van der Waals surface area contributed by atoms with E-state index in [0.29, 0.717) is 18.0 Å². The summed E-state index contributed by atoms with van der Waals surface area (Å²) in [6, 6.07) is 7.71. The van der Waals surface area contributed by atoms with Crippen LogP contribution in [0.5, 0.6) is 0 Å². The first-order chi connectivity index (χ1) is 7.72. The molecule has 0 saturated carbocycles. The third-order valence-electron chi connectivity index (χ3n) is 2.41. The van der Waals surface area contributed by atoms with Crippen molar-refractivity contribution < 1.29 is 9.53 Å². The second-order valence-corrected chi connectivity index (χ2v) is 3.48. The van der Waals surface area contributed by atoms with Gasteiger partial charge in [0.15, 0.2) is 5.71 Å². The van der Waals surface area contributed by atoms with Crippen LogP contribution in [0.15, 0.2) is 34.3 Å². The quantitative estimate of drug-likeness (QED) is 0.673. The fourth-order valence-corrected chi connectivity index (χ4v) is 1.57. The largest absolute Gasteiger partial charge is 0.464 e. The average Bonchev–Trinajstić information content (AvgIpc) is 2.46. The molecule has 1 heterocycles. The van der Waals surface area contributed by atoms with Crippen LogP contribution in [0, 0.1) is 0 Å². The number of rotatable bonds is 1. The maximum Gasteiger partial charge on any atom is 0.358 e. The van der Waals surface area contributed by atoms with Crippen LogP contribution in [-0.4, -0.2) is 24.5 Å². The predicted molar refractivity (Wildman–Crippen MR) is 62.4 cm³/mol. The van der Waals surface area contributed by atoms with Gasteiger partial charge < -0.3 is 4.74 Å². The van der Waals surface area contributed by atoms with Crippen LogP contribution in [0.4, 0.5) is 5.69 Å². The molecule has 1 aliphatic heterocycles. The van der Waals surface area contributed by atoms with Crippen molar-refractivity contribution in [3.05, 3.63) is 29.8 Å². The molecule has 1 aromatic carbocycles. The minimum atomic E-state index is -0.436. The lowest BCUT2D eigenvalue weighted by Gasteiger charge is -2.00. The van der Waals surface area contributed by atoms with Crippen LogP contribution in [0.25, 0.3) is 0 Å². The second kappa shape index (κ2) is 4.26. The van der Waals surface area contributed by atoms with Crippen LogP contribution in [-0.2, 0) is 16.1 Å². The van der Waals surface area contributed by atoms with Crippen molar-refractivity contribution in [3.8, 4) is 0 Å². The Labute approximate surface area is 93.7 Å². The molecule has 0 fully saturated rings. The van der Waals surface area contributed by atoms with Gasteiger partial charge in [0.2, 0.25) is 0 Å². The van der Waals surface area contributed by atoms with Crippen molar-refractivity contribution in [1.29, 1.82) is 0 Å². The van der Waals surface area contributed by atoms with E-state index in [-0.39, 0.29) is 0 Å². The van der Waals surface area contributed by atoms with E-state index in [2.05, 4.69) is 14.7 Å². The molecule has 0 spiro atoms. The highest BCUT2D eigenvalue weighted by Crippen LogP contribution is 2.22. The van der Waals surface area contributed by atoms with Gasteiger partial charge >= 0.3 is 5.97 Å². The van der Waals surface area contributed by atoms with Crippen LogP contribution in [0.1, 0.15) is 12.5 Å². The number of benzene rings is 1. The molecule has 4 heteroatoms. The Balaban J connectivity index is 2.44. The Kier molecular flexibility index (Phi) is 2.81. The molecule has 2 rings (SSSR count). The van der Waals surface area contributed by atoms with E-state index in [0.717, 1.165) is 11.3 Å². The highest BCUT2D eigenvalue weighted by molar-refractivity contribution is 6.65. The van der Waals surface area contributed by atoms with Crippen LogP contribution in [0.3, 0.4) is 0 Å². The number of carbonyl (C=O) groups is 1. The van der Waals surface area contributed by atoms with E-state index in [1.54, 1.807) is 6.92 Å². The van der Waals surface area contributed by atoms with Gasteiger partial charge in [0.25, 0.3) is 0 Å². The number of methoxy groups -OCH3 is 1. The summed E-state index contributed by atoms with van der Waals surface area (Å²) >= 11 is 0. The molecule has 0 bridgehead atoms. The summed E-state index contributed by atoms with van der Waals surface area (Å²) in [4.78, 5) is 20.0. The first kappa shape index (κ1) is 10.5. The molecule has 0 radical (unpaired) electrons. The zero-order chi connectivity index (χ0) is 11.5. The first-order valence-corrected chi connectivity index (χ1v) is 4.98. The maximum absolute atomic E-state index is 11.4. The number of hydrogen-bond donors (Lipinski definition) is 0. The molecule has 0 N–H and O–H groups in total. The fraction of sp³-hybridized carbons (Fsp3) is 0.250. The van der Waals surface area contributed by atoms with Crippen molar-refractivity contribution in [2.45, 2.75) is 13.5 Å². The van der Waals surface area contributed by atoms with E-state index in [1.165, 1.54) is 7.11 Å². The molecule has 0 unspecified atom stereocenters. The highest BCUT2D eigenvalue weighted by Gasteiger charge is 2.18. The Morgan fingerprint density at radius 2 is 2.12 bits per heavy atom. The molecule has 1 aliphatic rings. The van der Waals surface area contributed by atoms with Gasteiger partial charge in [-0.1, -0.05) is 18.2 Å². The zero-order valence-electron chi connectivity index (χ0n) is 9.23. The number of hydrogen-bond acceptors (Lipinski definition) is 4. The van der Waals surface area contributed by atoms with Gasteiger partial charge in [-0.2, -0.15) is 0 Å². The van der Waals surface area contributed by atoms with E-state index in [9.17, 15) is 4.79 Å². The molecule has 82 valence electrons. The van der Waals surface area contributed by atoms with Gasteiger partial charge in [-0.25, -0.2) is 4.79 Å². The number of para-hydroxylation sites is 1. The lowest BCUT2D eigenvalue weighted by molar-refractivity contribution is -0.132. The molecule has 16 heavy (non-hydrogen) atoms. The van der Waals surface area contributed by atoms with Crippen LogP contribution < -0.4 is 0 Å². The molecular weight excluding hydrogens is 204 g/mol. The maximum atomic E-state index is 11.4. The van der Waals surface area contributed by atoms with Gasteiger partial charge in [-0.15, -0.1) is 0 Å². The summed E-state index contributed by atoms with van der Waals surface area (Å²) in [6.07, 6.45) is 0. The summed E-state index contributed by atoms with van der Waals surface area (Å²) in [6.45, 7) is 2.22. The normalized spacial score (nSPS) is 14.4. The van der Waals surface area contributed by atoms with E-state index < -0.39 is 5.97 Å². The SMILES string of the molecule is COC(=O)C1=NCc2ccccc2N=C1C. The van der Waals surface area contributed by atoms with E-state index in [1.807, 2.05) is 24.3 Å². The topological polar surface area (TPSA) is 51.0 Å². The average molecular weight is 216 g/mol. The van der Waals surface area contributed by atoms with Crippen LogP contribution in [0.2, 0.25) is 0 Å². The van der Waals surface area contributed by atoms with Crippen molar-refractivity contribution in [2.24, 2.45) is 9.98 Å². The number of esters is 1. The number of aliphatic imine (C=N–C) groups is 2. The third-order valence-corrected chi connectivity index (χ3v) is 2.41. The van der Waals surface area contributed by atoms with Gasteiger partial charge in [-0.05, 0) is 18.6 Å². The Hall–Kier alpha value is -1.97. The van der Waals surface area contributed by atoms with Gasteiger partial charge in [-0.3, -0.25) is 9.98 Å². The molecule has 0 aliphatic carbocycles. The van der Waals surface area contributed by atoms with Crippen molar-refractivity contribution in [2.75, 3.05) is 7.11 Å². The molecule has 0 atom stereocenters. The smallest absolute Gasteiger partial charge is 0.358 e. The molecule has 0 amide bonds.